The van der Waals surface area contributed by atoms with Gasteiger partial charge in [-0.15, -0.1) is 10.2 Å². The number of hydrogen-bond acceptors (Lipinski definition) is 6. The van der Waals surface area contributed by atoms with E-state index in [9.17, 15) is 0 Å². The van der Waals surface area contributed by atoms with E-state index in [4.69, 9.17) is 4.74 Å². The van der Waals surface area contributed by atoms with Crippen molar-refractivity contribution in [1.82, 2.24) is 24.7 Å². The highest BCUT2D eigenvalue weighted by Gasteiger charge is 2.17. The van der Waals surface area contributed by atoms with Crippen molar-refractivity contribution in [3.05, 3.63) is 84.8 Å². The van der Waals surface area contributed by atoms with Gasteiger partial charge in [-0.1, -0.05) is 54.2 Å². The standard InChI is InChI=1S/C22H19N5OS/c1-28-19-11-9-18(10-12-19)27-21(20-16-23-13-14-24-20)25-26-22(27)29-15-5-8-17-6-3-2-4-7-17/h2-14,16H,15H2,1H3/b8-5+. The van der Waals surface area contributed by atoms with Gasteiger partial charge in [-0.2, -0.15) is 0 Å². The Morgan fingerprint density at radius 1 is 1.00 bits per heavy atom. The normalized spacial score (nSPS) is 11.1. The molecular formula is C22H19N5OS. The monoisotopic (exact) mass is 401 g/mol. The predicted molar refractivity (Wildman–Crippen MR) is 115 cm³/mol. The number of thioether (sulfide) groups is 1. The van der Waals surface area contributed by atoms with Crippen LogP contribution < -0.4 is 4.74 Å². The van der Waals surface area contributed by atoms with Crippen molar-refractivity contribution in [2.75, 3.05) is 12.9 Å². The first-order valence-electron chi connectivity index (χ1n) is 9.06. The summed E-state index contributed by atoms with van der Waals surface area (Å²) in [6.07, 6.45) is 9.20. The Morgan fingerprint density at radius 3 is 2.55 bits per heavy atom. The lowest BCUT2D eigenvalue weighted by Crippen LogP contribution is -2.01. The van der Waals surface area contributed by atoms with E-state index in [1.54, 1.807) is 37.5 Å². The maximum atomic E-state index is 5.28. The molecule has 0 spiro atoms. The van der Waals surface area contributed by atoms with Crippen molar-refractivity contribution in [3.8, 4) is 23.0 Å². The molecule has 0 saturated heterocycles. The first kappa shape index (κ1) is 18.9. The minimum Gasteiger partial charge on any atom is -0.497 e. The number of nitrogens with zero attached hydrogens (tertiary/aromatic N) is 5. The Balaban J connectivity index is 1.62. The van der Waals surface area contributed by atoms with Gasteiger partial charge in [0.2, 0.25) is 0 Å². The summed E-state index contributed by atoms with van der Waals surface area (Å²) in [5.41, 5.74) is 2.78. The van der Waals surface area contributed by atoms with Gasteiger partial charge >= 0.3 is 0 Å². The molecule has 0 amide bonds. The van der Waals surface area contributed by atoms with Crippen LogP contribution in [0.3, 0.4) is 0 Å². The fraction of sp³-hybridized carbons (Fsp3) is 0.0909. The van der Waals surface area contributed by atoms with Gasteiger partial charge in [-0.3, -0.25) is 9.55 Å². The highest BCUT2D eigenvalue weighted by Crippen LogP contribution is 2.28. The Bertz CT molecular complexity index is 1080. The summed E-state index contributed by atoms with van der Waals surface area (Å²) in [5, 5.41) is 9.56. The smallest absolute Gasteiger partial charge is 0.196 e. The molecule has 2 aromatic heterocycles. The first-order valence-corrected chi connectivity index (χ1v) is 10.0. The van der Waals surface area contributed by atoms with Gasteiger partial charge in [0.15, 0.2) is 11.0 Å². The van der Waals surface area contributed by atoms with Crippen molar-refractivity contribution in [2.24, 2.45) is 0 Å². The third-order valence-electron chi connectivity index (χ3n) is 4.17. The van der Waals surface area contributed by atoms with E-state index in [-0.39, 0.29) is 0 Å². The van der Waals surface area contributed by atoms with Crippen molar-refractivity contribution in [3.63, 3.8) is 0 Å². The second kappa shape index (κ2) is 9.16. The Morgan fingerprint density at radius 2 is 1.83 bits per heavy atom. The zero-order chi connectivity index (χ0) is 19.9. The van der Waals surface area contributed by atoms with Gasteiger partial charge in [-0.25, -0.2) is 4.98 Å². The molecule has 0 N–H and O–H groups in total. The largest absolute Gasteiger partial charge is 0.497 e. The van der Waals surface area contributed by atoms with Crippen LogP contribution in [0, 0.1) is 0 Å². The molecule has 2 aromatic carbocycles. The van der Waals surface area contributed by atoms with Crippen LogP contribution in [0.15, 0.2) is 84.4 Å². The molecule has 0 aliphatic carbocycles. The number of hydrogen-bond donors (Lipinski definition) is 0. The molecule has 2 heterocycles. The molecule has 0 atom stereocenters. The average molecular weight is 401 g/mol. The molecule has 4 rings (SSSR count). The van der Waals surface area contributed by atoms with Crippen LogP contribution in [0.4, 0.5) is 0 Å². The first-order chi connectivity index (χ1) is 14.3. The highest BCUT2D eigenvalue weighted by atomic mass is 32.2. The van der Waals surface area contributed by atoms with Crippen LogP contribution in [0.5, 0.6) is 5.75 Å². The van der Waals surface area contributed by atoms with Crippen LogP contribution >= 0.6 is 11.8 Å². The van der Waals surface area contributed by atoms with Gasteiger partial charge < -0.3 is 4.74 Å². The fourth-order valence-corrected chi connectivity index (χ4v) is 3.54. The maximum Gasteiger partial charge on any atom is 0.196 e. The SMILES string of the molecule is COc1ccc(-n2c(SC/C=C/c3ccccc3)nnc2-c2cnccn2)cc1. The molecule has 29 heavy (non-hydrogen) atoms. The van der Waals surface area contributed by atoms with Gasteiger partial charge in [0, 0.05) is 18.1 Å². The molecular weight excluding hydrogens is 382 g/mol. The number of methoxy groups -OCH3 is 1. The minimum absolute atomic E-state index is 0.651. The Kier molecular flexibility index (Phi) is 5.97. The summed E-state index contributed by atoms with van der Waals surface area (Å²) in [6, 6.07) is 18.0. The molecule has 0 unspecified atom stereocenters. The average Bonchev–Trinajstić information content (AvgIpc) is 3.22. The van der Waals surface area contributed by atoms with E-state index < -0.39 is 0 Å². The van der Waals surface area contributed by atoms with E-state index in [2.05, 4.69) is 44.5 Å². The predicted octanol–water partition coefficient (Wildman–Crippen LogP) is 4.54. The minimum atomic E-state index is 0.651. The second-order valence-corrected chi connectivity index (χ2v) is 7.04. The summed E-state index contributed by atoms with van der Waals surface area (Å²) < 4.78 is 7.27. The quantitative estimate of drug-likeness (QED) is 0.424. The summed E-state index contributed by atoms with van der Waals surface area (Å²) in [6.45, 7) is 0. The molecule has 0 aliphatic rings. The summed E-state index contributed by atoms with van der Waals surface area (Å²) in [7, 11) is 1.65. The van der Waals surface area contributed by atoms with Crippen molar-refractivity contribution in [2.45, 2.75) is 5.16 Å². The Labute approximate surface area is 173 Å². The molecule has 6 nitrogen and oxygen atoms in total. The lowest BCUT2D eigenvalue weighted by atomic mass is 10.2. The zero-order valence-corrected chi connectivity index (χ0v) is 16.7. The molecule has 0 saturated carbocycles. The second-order valence-electron chi connectivity index (χ2n) is 6.05. The van der Waals surface area contributed by atoms with Crippen LogP contribution in [-0.2, 0) is 0 Å². The topological polar surface area (TPSA) is 65.7 Å². The van der Waals surface area contributed by atoms with E-state index >= 15 is 0 Å². The molecule has 144 valence electrons. The van der Waals surface area contributed by atoms with Crippen molar-refractivity contribution >= 4 is 17.8 Å². The van der Waals surface area contributed by atoms with E-state index in [1.807, 2.05) is 47.0 Å². The van der Waals surface area contributed by atoms with E-state index in [0.29, 0.717) is 11.5 Å². The van der Waals surface area contributed by atoms with Gasteiger partial charge in [0.1, 0.15) is 11.4 Å². The van der Waals surface area contributed by atoms with Crippen LogP contribution in [0.2, 0.25) is 0 Å². The molecule has 0 aliphatic heterocycles. The zero-order valence-electron chi connectivity index (χ0n) is 15.8. The maximum absolute atomic E-state index is 5.28. The molecule has 0 fully saturated rings. The number of rotatable bonds is 7. The van der Waals surface area contributed by atoms with Crippen molar-refractivity contribution in [1.29, 1.82) is 0 Å². The van der Waals surface area contributed by atoms with Crippen LogP contribution in [-0.4, -0.2) is 37.6 Å². The Hall–Kier alpha value is -3.45. The van der Waals surface area contributed by atoms with Gasteiger partial charge in [0.25, 0.3) is 0 Å². The third kappa shape index (κ3) is 4.52. The van der Waals surface area contributed by atoms with Crippen LogP contribution in [0.1, 0.15) is 5.56 Å². The number of benzene rings is 2. The lowest BCUT2D eigenvalue weighted by molar-refractivity contribution is 0.414. The molecule has 0 radical (unpaired) electrons. The van der Waals surface area contributed by atoms with E-state index in [0.717, 1.165) is 22.3 Å². The van der Waals surface area contributed by atoms with Gasteiger partial charge in [-0.05, 0) is 29.8 Å². The van der Waals surface area contributed by atoms with Gasteiger partial charge in [0.05, 0.1) is 19.0 Å². The summed E-state index contributed by atoms with van der Waals surface area (Å²) in [4.78, 5) is 8.54. The molecule has 4 aromatic rings. The number of ether oxygens (including phenoxy) is 1. The fourth-order valence-electron chi connectivity index (χ4n) is 2.78. The highest BCUT2D eigenvalue weighted by molar-refractivity contribution is 7.99. The van der Waals surface area contributed by atoms with Crippen molar-refractivity contribution < 1.29 is 4.74 Å². The third-order valence-corrected chi connectivity index (χ3v) is 5.06. The number of aromatic nitrogens is 5. The lowest BCUT2D eigenvalue weighted by Gasteiger charge is -2.10. The molecule has 7 heteroatoms. The van der Waals surface area contributed by atoms with E-state index in [1.165, 1.54) is 5.56 Å². The molecule has 0 bridgehead atoms. The van der Waals surface area contributed by atoms with Crippen LogP contribution in [0.25, 0.3) is 23.3 Å². The summed E-state index contributed by atoms with van der Waals surface area (Å²) >= 11 is 1.61. The summed E-state index contributed by atoms with van der Waals surface area (Å²) in [5.74, 6) is 2.21.